The molecule has 6 amide bonds. The van der Waals surface area contributed by atoms with E-state index < -0.39 is 36.1 Å². The van der Waals surface area contributed by atoms with E-state index >= 15 is 0 Å². The first kappa shape index (κ1) is 44.3. The van der Waals surface area contributed by atoms with Gasteiger partial charge < -0.3 is 19.4 Å². The number of benzene rings is 2. The van der Waals surface area contributed by atoms with Crippen LogP contribution >= 0.6 is 0 Å². The van der Waals surface area contributed by atoms with Crippen LogP contribution < -0.4 is 15.0 Å². The van der Waals surface area contributed by atoms with Crippen LogP contribution in [0.4, 0.5) is 20.3 Å². The normalized spacial score (nSPS) is 20.6. The molecule has 67 heavy (non-hydrogen) atoms. The second-order valence-electron chi connectivity index (χ2n) is 18.7. The van der Waals surface area contributed by atoms with Crippen LogP contribution in [0, 0.1) is 5.92 Å². The average molecular weight is 921 g/mol. The predicted octanol–water partition coefficient (Wildman–Crippen LogP) is 4.57. The average Bonchev–Trinajstić information content (AvgIpc) is 4.01. The highest BCUT2D eigenvalue weighted by atomic mass is 19.3. The van der Waals surface area contributed by atoms with Gasteiger partial charge in [0.1, 0.15) is 11.8 Å². The molecule has 3 fully saturated rings. The van der Waals surface area contributed by atoms with Crippen molar-refractivity contribution in [1.29, 1.82) is 0 Å². The largest absolute Gasteiger partial charge is 0.492 e. The van der Waals surface area contributed by atoms with Gasteiger partial charge in [-0.2, -0.15) is 10.2 Å². The van der Waals surface area contributed by atoms with Crippen molar-refractivity contribution in [3.8, 4) is 16.9 Å². The lowest BCUT2D eigenvalue weighted by atomic mass is 9.92. The highest BCUT2D eigenvalue weighted by Gasteiger charge is 2.46. The molecule has 19 heteroatoms. The van der Waals surface area contributed by atoms with Crippen LogP contribution in [0.15, 0.2) is 42.7 Å². The minimum Gasteiger partial charge on any atom is -0.492 e. The molecule has 2 aromatic heterocycles. The Morgan fingerprint density at radius 1 is 0.896 bits per heavy atom. The summed E-state index contributed by atoms with van der Waals surface area (Å²) in [6.07, 6.45) is 5.93. The molecule has 0 radical (unpaired) electrons. The van der Waals surface area contributed by atoms with Gasteiger partial charge in [-0.25, -0.2) is 8.78 Å². The number of rotatable bonds is 10. The summed E-state index contributed by atoms with van der Waals surface area (Å²) in [6.45, 7) is 6.30. The third-order valence-corrected chi connectivity index (χ3v) is 14.5. The summed E-state index contributed by atoms with van der Waals surface area (Å²) < 4.78 is 39.4. The van der Waals surface area contributed by atoms with E-state index in [0.29, 0.717) is 101 Å². The Kier molecular flexibility index (Phi) is 11.9. The van der Waals surface area contributed by atoms with Gasteiger partial charge in [0.05, 0.1) is 43.1 Å². The van der Waals surface area contributed by atoms with Crippen molar-refractivity contribution < 1.29 is 42.3 Å². The van der Waals surface area contributed by atoms with Crippen molar-refractivity contribution in [2.45, 2.75) is 89.8 Å². The van der Waals surface area contributed by atoms with Gasteiger partial charge in [0.2, 0.25) is 23.6 Å². The van der Waals surface area contributed by atoms with Gasteiger partial charge in [0.15, 0.2) is 5.82 Å². The fourth-order valence-electron chi connectivity index (χ4n) is 10.8. The number of amides is 6. The lowest BCUT2D eigenvalue weighted by Crippen LogP contribution is -2.54. The zero-order chi connectivity index (χ0) is 46.7. The second kappa shape index (κ2) is 18.0. The van der Waals surface area contributed by atoms with E-state index in [9.17, 15) is 37.5 Å². The molecular weight excluding hydrogens is 867 g/mol. The lowest BCUT2D eigenvalue weighted by Gasteiger charge is -2.36. The summed E-state index contributed by atoms with van der Waals surface area (Å²) in [5.74, 6) is -1.08. The summed E-state index contributed by atoms with van der Waals surface area (Å²) in [7, 11) is 1.77. The maximum atomic E-state index is 14.7. The van der Waals surface area contributed by atoms with E-state index in [1.807, 2.05) is 15.9 Å². The number of aryl methyl sites for hydroxylation is 2. The van der Waals surface area contributed by atoms with E-state index in [4.69, 9.17) is 9.84 Å². The molecule has 352 valence electrons. The lowest BCUT2D eigenvalue weighted by molar-refractivity contribution is -0.136. The third kappa shape index (κ3) is 8.35. The zero-order valence-corrected chi connectivity index (χ0v) is 37.7. The fraction of sp³-hybridized carbons (Fsp3) is 0.500. The number of ether oxygens (including phenoxy) is 1. The molecule has 10 rings (SSSR count). The number of carbonyl (C=O) groups is 6. The van der Waals surface area contributed by atoms with Gasteiger partial charge in [-0.1, -0.05) is 6.07 Å². The predicted molar refractivity (Wildman–Crippen MR) is 239 cm³/mol. The maximum Gasteiger partial charge on any atom is 0.266 e. The number of carbonyl (C=O) groups excluding carboxylic acids is 6. The van der Waals surface area contributed by atoms with E-state index in [0.717, 1.165) is 47.4 Å². The molecule has 1 atom stereocenters. The molecule has 6 aliphatic rings. The van der Waals surface area contributed by atoms with Gasteiger partial charge in [0.25, 0.3) is 18.2 Å². The first-order valence-electron chi connectivity index (χ1n) is 23.4. The zero-order valence-electron chi connectivity index (χ0n) is 37.7. The molecular formula is C48H54F2N10O7. The Labute approximate surface area is 385 Å². The molecule has 0 spiro atoms. The van der Waals surface area contributed by atoms with Crippen molar-refractivity contribution in [2.24, 2.45) is 13.0 Å². The van der Waals surface area contributed by atoms with Crippen molar-refractivity contribution in [2.75, 3.05) is 57.3 Å². The molecule has 0 aliphatic carbocycles. The molecule has 3 saturated heterocycles. The highest BCUT2D eigenvalue weighted by Crippen LogP contribution is 2.44. The monoisotopic (exact) mass is 920 g/mol. The van der Waals surface area contributed by atoms with Gasteiger partial charge in [-0.3, -0.25) is 53.2 Å². The van der Waals surface area contributed by atoms with Crippen LogP contribution in [0.2, 0.25) is 0 Å². The van der Waals surface area contributed by atoms with Crippen LogP contribution in [-0.2, 0) is 45.6 Å². The molecule has 8 heterocycles. The van der Waals surface area contributed by atoms with Gasteiger partial charge in [0, 0.05) is 87.3 Å². The second-order valence-corrected chi connectivity index (χ2v) is 18.7. The molecule has 6 aliphatic heterocycles. The van der Waals surface area contributed by atoms with E-state index in [-0.39, 0.29) is 59.1 Å². The van der Waals surface area contributed by atoms with Gasteiger partial charge >= 0.3 is 0 Å². The first-order chi connectivity index (χ1) is 32.3. The number of fused-ring (bicyclic) bond motifs is 3. The van der Waals surface area contributed by atoms with Crippen LogP contribution in [0.5, 0.6) is 5.75 Å². The molecule has 4 aromatic rings. The minimum atomic E-state index is -2.70. The van der Waals surface area contributed by atoms with Crippen molar-refractivity contribution >= 4 is 46.9 Å². The molecule has 1 unspecified atom stereocenters. The van der Waals surface area contributed by atoms with Crippen LogP contribution in [0.1, 0.15) is 107 Å². The third-order valence-electron chi connectivity index (χ3n) is 14.5. The van der Waals surface area contributed by atoms with Crippen LogP contribution in [-0.4, -0.2) is 133 Å². The highest BCUT2D eigenvalue weighted by molar-refractivity contribution is 6.24. The summed E-state index contributed by atoms with van der Waals surface area (Å²) in [6, 6.07) is 7.31. The Balaban J connectivity index is 0.765. The standard InChI is InChI=1S/C48H54F2N10O7/c1-28(61)57-20-14-37-36(25-57)45(58-15-4-5-30-21-34(31-23-51-54(2)24-31)35(44(49)50)22-39(30)58)53-60(37)32-12-18-56(19-13-32)42(63)26-55-16-10-29(11-17-55)27-67-40-7-3-6-33-43(40)48(66)59(47(33)65)38-8-9-41(62)52-46(38)64/h3,6-7,21-24,29,32,38,44H,4-5,8-20,25-27H2,1-2H3,(H,52,62,64). The number of halogens is 2. The quantitative estimate of drug-likeness (QED) is 0.221. The number of nitrogens with one attached hydrogen (secondary N) is 1. The Hall–Kier alpha value is -6.50. The van der Waals surface area contributed by atoms with Crippen molar-refractivity contribution in [3.05, 3.63) is 76.2 Å². The van der Waals surface area contributed by atoms with Crippen molar-refractivity contribution in [1.82, 2.24) is 44.5 Å². The van der Waals surface area contributed by atoms with E-state index in [2.05, 4.69) is 24.9 Å². The van der Waals surface area contributed by atoms with Gasteiger partial charge in [-0.15, -0.1) is 0 Å². The maximum absolute atomic E-state index is 14.7. The number of alkyl halides is 2. The SMILES string of the molecule is CC(=O)N1CCc2c(c(N3CCCc4cc(-c5cnn(C)c5)c(C(F)F)cc43)nn2C2CCN(C(=O)CN3CCC(COc4cccc5c4C(=O)N(C4CCC(=O)NC4=O)C5=O)CC3)CC2)C1. The molecule has 2 aromatic carbocycles. The summed E-state index contributed by atoms with van der Waals surface area (Å²) in [4.78, 5) is 86.3. The van der Waals surface area contributed by atoms with Crippen LogP contribution in [0.3, 0.4) is 0 Å². The molecule has 0 saturated carbocycles. The number of hydrogen-bond donors (Lipinski definition) is 1. The topological polar surface area (TPSA) is 176 Å². The minimum absolute atomic E-state index is 0.0260. The van der Waals surface area contributed by atoms with Crippen molar-refractivity contribution in [3.63, 3.8) is 0 Å². The number of imide groups is 2. The first-order valence-corrected chi connectivity index (χ1v) is 23.4. The number of anilines is 2. The number of hydrogen-bond acceptors (Lipinski definition) is 11. The fourth-order valence-corrected chi connectivity index (χ4v) is 10.8. The van der Waals surface area contributed by atoms with Gasteiger partial charge in [-0.05, 0) is 99.3 Å². The smallest absolute Gasteiger partial charge is 0.266 e. The molecule has 17 nitrogen and oxygen atoms in total. The Morgan fingerprint density at radius 3 is 2.40 bits per heavy atom. The number of piperidine rings is 3. The number of nitrogens with zero attached hydrogens (tertiary/aromatic N) is 9. The summed E-state index contributed by atoms with van der Waals surface area (Å²) in [5.41, 5.74) is 5.06. The molecule has 0 bridgehead atoms. The van der Waals surface area contributed by atoms with E-state index in [1.54, 1.807) is 55.3 Å². The summed E-state index contributed by atoms with van der Waals surface area (Å²) in [5, 5.41) is 11.7. The summed E-state index contributed by atoms with van der Waals surface area (Å²) >= 11 is 0. The molecule has 1 N–H and O–H groups in total. The number of aromatic nitrogens is 4. The number of likely N-dealkylation sites (tertiary alicyclic amines) is 2. The van der Waals surface area contributed by atoms with Crippen LogP contribution in [0.25, 0.3) is 11.1 Å². The Bertz CT molecular complexity index is 2670. The van der Waals surface area contributed by atoms with E-state index in [1.165, 1.54) is 0 Å². The Morgan fingerprint density at radius 2 is 1.69 bits per heavy atom.